The van der Waals surface area contributed by atoms with Gasteiger partial charge in [0.2, 0.25) is 0 Å². The third-order valence-electron chi connectivity index (χ3n) is 2.08. The predicted octanol–water partition coefficient (Wildman–Crippen LogP) is 2.74. The molecule has 7 heteroatoms. The van der Waals surface area contributed by atoms with Gasteiger partial charge in [0, 0.05) is 18.7 Å². The summed E-state index contributed by atoms with van der Waals surface area (Å²) in [5.41, 5.74) is 0.894. The Morgan fingerprint density at radius 3 is 2.75 bits per heavy atom. The number of phenols is 1. The van der Waals surface area contributed by atoms with Crippen LogP contribution >= 0.6 is 27.5 Å². The molecular weight excluding hydrogens is 300 g/mol. The van der Waals surface area contributed by atoms with Crippen LogP contribution in [0.2, 0.25) is 5.02 Å². The lowest BCUT2D eigenvalue weighted by atomic mass is 10.1. The standard InChI is InChI=1S/C9H6BrClFN3O/c1-15-8(9(10)13-14-15)4-2-5(11)6(12)3-7(4)16/h2-3,16H,1H3. The molecule has 0 atom stereocenters. The van der Waals surface area contributed by atoms with E-state index in [2.05, 4.69) is 26.2 Å². The lowest BCUT2D eigenvalue weighted by molar-refractivity contribution is 0.470. The summed E-state index contributed by atoms with van der Waals surface area (Å²) in [4.78, 5) is 0. The number of nitrogens with zero attached hydrogens (tertiary/aromatic N) is 3. The number of phenolic OH excluding ortho intramolecular Hbond substituents is 1. The maximum Gasteiger partial charge on any atom is 0.156 e. The molecule has 0 amide bonds. The van der Waals surface area contributed by atoms with Gasteiger partial charge in [-0.3, -0.25) is 0 Å². The topological polar surface area (TPSA) is 50.9 Å². The van der Waals surface area contributed by atoms with Crippen molar-refractivity contribution >= 4 is 27.5 Å². The zero-order valence-electron chi connectivity index (χ0n) is 8.08. The number of aromatic hydroxyl groups is 1. The molecule has 1 heterocycles. The first kappa shape index (κ1) is 11.3. The van der Waals surface area contributed by atoms with Crippen molar-refractivity contribution in [3.63, 3.8) is 0 Å². The van der Waals surface area contributed by atoms with Crippen molar-refractivity contribution < 1.29 is 9.50 Å². The van der Waals surface area contributed by atoms with Crippen molar-refractivity contribution in [3.05, 3.63) is 27.6 Å². The van der Waals surface area contributed by atoms with Gasteiger partial charge in [-0.1, -0.05) is 16.8 Å². The Morgan fingerprint density at radius 1 is 1.50 bits per heavy atom. The predicted molar refractivity (Wildman–Crippen MR) is 60.8 cm³/mol. The first-order valence-corrected chi connectivity index (χ1v) is 5.41. The summed E-state index contributed by atoms with van der Waals surface area (Å²) in [5, 5.41) is 17.1. The Bertz CT molecular complexity index is 538. The van der Waals surface area contributed by atoms with Crippen molar-refractivity contribution in [2.24, 2.45) is 7.05 Å². The Hall–Kier alpha value is -1.14. The second-order valence-electron chi connectivity index (χ2n) is 3.14. The van der Waals surface area contributed by atoms with E-state index in [9.17, 15) is 9.50 Å². The molecule has 4 nitrogen and oxygen atoms in total. The maximum atomic E-state index is 13.1. The van der Waals surface area contributed by atoms with Gasteiger partial charge in [-0.25, -0.2) is 9.07 Å². The van der Waals surface area contributed by atoms with Gasteiger partial charge in [-0.2, -0.15) is 0 Å². The van der Waals surface area contributed by atoms with E-state index in [0.717, 1.165) is 6.07 Å². The van der Waals surface area contributed by atoms with Crippen LogP contribution < -0.4 is 0 Å². The average molecular weight is 307 g/mol. The molecule has 0 spiro atoms. The van der Waals surface area contributed by atoms with Gasteiger partial charge in [0.1, 0.15) is 17.3 Å². The molecule has 0 aliphatic rings. The van der Waals surface area contributed by atoms with Crippen LogP contribution in [0.3, 0.4) is 0 Å². The highest BCUT2D eigenvalue weighted by atomic mass is 79.9. The molecular formula is C9H6BrClFN3O. The van der Waals surface area contributed by atoms with E-state index >= 15 is 0 Å². The Morgan fingerprint density at radius 2 is 2.19 bits per heavy atom. The van der Waals surface area contributed by atoms with Gasteiger partial charge >= 0.3 is 0 Å². The van der Waals surface area contributed by atoms with E-state index in [1.807, 2.05) is 0 Å². The molecule has 0 aliphatic heterocycles. The van der Waals surface area contributed by atoms with Crippen molar-refractivity contribution in [3.8, 4) is 17.0 Å². The van der Waals surface area contributed by atoms with Gasteiger partial charge in [-0.05, 0) is 22.0 Å². The number of halogens is 3. The molecule has 2 aromatic rings. The molecule has 0 radical (unpaired) electrons. The maximum absolute atomic E-state index is 13.1. The van der Waals surface area contributed by atoms with Crippen LogP contribution in [-0.4, -0.2) is 20.1 Å². The third kappa shape index (κ3) is 1.78. The minimum Gasteiger partial charge on any atom is -0.507 e. The number of hydrogen-bond acceptors (Lipinski definition) is 3. The number of hydrogen-bond donors (Lipinski definition) is 1. The fourth-order valence-corrected chi connectivity index (χ4v) is 2.05. The number of aryl methyl sites for hydroxylation is 1. The largest absolute Gasteiger partial charge is 0.507 e. The summed E-state index contributed by atoms with van der Waals surface area (Å²) in [7, 11) is 1.66. The lowest BCUT2D eigenvalue weighted by Gasteiger charge is -2.06. The van der Waals surface area contributed by atoms with Crippen LogP contribution in [0.4, 0.5) is 4.39 Å². The molecule has 0 aliphatic carbocycles. The van der Waals surface area contributed by atoms with E-state index in [0.29, 0.717) is 15.9 Å². The normalized spacial score (nSPS) is 10.8. The number of aromatic nitrogens is 3. The Labute approximate surface area is 104 Å². The van der Waals surface area contributed by atoms with Crippen LogP contribution in [0.25, 0.3) is 11.3 Å². The Balaban J connectivity index is 2.69. The highest BCUT2D eigenvalue weighted by Crippen LogP contribution is 2.35. The third-order valence-corrected chi connectivity index (χ3v) is 2.90. The van der Waals surface area contributed by atoms with Crippen molar-refractivity contribution in [1.29, 1.82) is 0 Å². The number of rotatable bonds is 1. The molecule has 0 bridgehead atoms. The monoisotopic (exact) mass is 305 g/mol. The molecule has 16 heavy (non-hydrogen) atoms. The zero-order chi connectivity index (χ0) is 11.9. The quantitative estimate of drug-likeness (QED) is 0.881. The Kier molecular flexibility index (Phi) is 2.86. The highest BCUT2D eigenvalue weighted by Gasteiger charge is 2.16. The van der Waals surface area contributed by atoms with Crippen LogP contribution in [0, 0.1) is 5.82 Å². The SMILES string of the molecule is Cn1nnc(Br)c1-c1cc(Cl)c(F)cc1O. The van der Waals surface area contributed by atoms with Crippen molar-refractivity contribution in [2.45, 2.75) is 0 Å². The second kappa shape index (κ2) is 4.03. The summed E-state index contributed by atoms with van der Waals surface area (Å²) in [6.07, 6.45) is 0. The van der Waals surface area contributed by atoms with E-state index in [4.69, 9.17) is 11.6 Å². The lowest BCUT2D eigenvalue weighted by Crippen LogP contribution is -1.95. The van der Waals surface area contributed by atoms with Gasteiger partial charge < -0.3 is 5.11 Å². The van der Waals surface area contributed by atoms with Crippen LogP contribution in [0.15, 0.2) is 16.7 Å². The molecule has 2 rings (SSSR count). The highest BCUT2D eigenvalue weighted by molar-refractivity contribution is 9.10. The summed E-state index contributed by atoms with van der Waals surface area (Å²) in [5.74, 6) is -0.887. The number of benzene rings is 1. The van der Waals surface area contributed by atoms with Crippen LogP contribution in [0.1, 0.15) is 0 Å². The second-order valence-corrected chi connectivity index (χ2v) is 4.29. The summed E-state index contributed by atoms with van der Waals surface area (Å²) in [6.45, 7) is 0. The molecule has 1 aromatic heterocycles. The average Bonchev–Trinajstić information content (AvgIpc) is 2.53. The van der Waals surface area contributed by atoms with Gasteiger partial charge in [-0.15, -0.1) is 5.10 Å². The molecule has 1 N–H and O–H groups in total. The van der Waals surface area contributed by atoms with Crippen molar-refractivity contribution in [1.82, 2.24) is 15.0 Å². The molecule has 0 fully saturated rings. The van der Waals surface area contributed by atoms with Gasteiger partial charge in [0.15, 0.2) is 4.60 Å². The molecule has 0 saturated heterocycles. The van der Waals surface area contributed by atoms with E-state index in [1.54, 1.807) is 7.05 Å². The molecule has 0 saturated carbocycles. The van der Waals surface area contributed by atoms with E-state index in [1.165, 1.54) is 10.7 Å². The first-order chi connectivity index (χ1) is 7.50. The molecule has 1 aromatic carbocycles. The minimum atomic E-state index is -0.672. The van der Waals surface area contributed by atoms with E-state index < -0.39 is 5.82 Å². The van der Waals surface area contributed by atoms with Gasteiger partial charge in [0.05, 0.1) is 5.02 Å². The van der Waals surface area contributed by atoms with Crippen LogP contribution in [0.5, 0.6) is 5.75 Å². The zero-order valence-corrected chi connectivity index (χ0v) is 10.4. The summed E-state index contributed by atoms with van der Waals surface area (Å²) < 4.78 is 15.0. The van der Waals surface area contributed by atoms with Gasteiger partial charge in [0.25, 0.3) is 0 Å². The fourth-order valence-electron chi connectivity index (χ4n) is 1.34. The fraction of sp³-hybridized carbons (Fsp3) is 0.111. The van der Waals surface area contributed by atoms with E-state index in [-0.39, 0.29) is 10.8 Å². The van der Waals surface area contributed by atoms with Crippen LogP contribution in [-0.2, 0) is 7.05 Å². The van der Waals surface area contributed by atoms with Crippen molar-refractivity contribution in [2.75, 3.05) is 0 Å². The summed E-state index contributed by atoms with van der Waals surface area (Å²) in [6, 6.07) is 2.28. The molecule has 0 unspecified atom stereocenters. The first-order valence-electron chi connectivity index (χ1n) is 4.24. The minimum absolute atomic E-state index is 0.0686. The summed E-state index contributed by atoms with van der Waals surface area (Å²) >= 11 is 8.84. The smallest absolute Gasteiger partial charge is 0.156 e. The molecule has 84 valence electrons.